The average Bonchev–Trinajstić information content (AvgIpc) is 2.87. The van der Waals surface area contributed by atoms with E-state index < -0.39 is 0 Å². The first-order valence-corrected chi connectivity index (χ1v) is 14.4. The minimum atomic E-state index is -0.160. The van der Waals surface area contributed by atoms with Crippen LogP contribution in [0.3, 0.4) is 0 Å². The average molecular weight is 486 g/mol. The third-order valence-electron chi connectivity index (χ3n) is 9.07. The summed E-state index contributed by atoms with van der Waals surface area (Å²) >= 11 is 0. The molecule has 2 heterocycles. The van der Waals surface area contributed by atoms with Crippen LogP contribution in [-0.2, 0) is 0 Å². The van der Waals surface area contributed by atoms with Crippen LogP contribution < -0.4 is 14.5 Å². The van der Waals surface area contributed by atoms with Gasteiger partial charge in [0.2, 0.25) is 0 Å². The summed E-state index contributed by atoms with van der Waals surface area (Å²) in [7, 11) is 1.82. The van der Waals surface area contributed by atoms with E-state index in [4.69, 9.17) is 4.74 Å². The van der Waals surface area contributed by atoms with Crippen LogP contribution in [-0.4, -0.2) is 69.0 Å². The summed E-state index contributed by atoms with van der Waals surface area (Å²) in [5.41, 5.74) is 4.60. The molecule has 0 unspecified atom stereocenters. The molecule has 0 bridgehead atoms. The maximum Gasteiger partial charge on any atom is 0.144 e. The van der Waals surface area contributed by atoms with E-state index in [2.05, 4.69) is 54.5 Å². The van der Waals surface area contributed by atoms with Gasteiger partial charge in [-0.1, -0.05) is 34.1 Å². The van der Waals surface area contributed by atoms with Gasteiger partial charge in [0.05, 0.1) is 18.9 Å². The Balaban J connectivity index is 1.60. The number of anilines is 2. The van der Waals surface area contributed by atoms with Gasteiger partial charge < -0.3 is 19.6 Å². The molecule has 0 spiro atoms. The van der Waals surface area contributed by atoms with Crippen molar-refractivity contribution < 1.29 is 9.84 Å². The van der Waals surface area contributed by atoms with Crippen molar-refractivity contribution in [3.8, 4) is 5.75 Å². The first-order chi connectivity index (χ1) is 16.8. The summed E-state index contributed by atoms with van der Waals surface area (Å²) in [5, 5.41) is 10.1. The van der Waals surface area contributed by atoms with Gasteiger partial charge in [-0.3, -0.25) is 4.90 Å². The minimum absolute atomic E-state index is 0.160. The number of unbranched alkanes of at least 4 members (excludes halogenated alkanes) is 1. The number of aliphatic hydroxyl groups is 1. The fourth-order valence-corrected chi connectivity index (χ4v) is 6.56. The normalized spacial score (nSPS) is 25.2. The summed E-state index contributed by atoms with van der Waals surface area (Å²) in [5.74, 6) is 2.45. The molecule has 3 aliphatic rings. The van der Waals surface area contributed by atoms with Crippen LogP contribution >= 0.6 is 0 Å². The first-order valence-electron chi connectivity index (χ1n) is 14.4. The highest BCUT2D eigenvalue weighted by molar-refractivity contribution is 5.71. The van der Waals surface area contributed by atoms with Crippen LogP contribution in [0.25, 0.3) is 0 Å². The number of aliphatic hydroxyl groups excluding tert-OH is 1. The van der Waals surface area contributed by atoms with Crippen LogP contribution in [0, 0.1) is 11.3 Å². The molecule has 0 radical (unpaired) electrons. The van der Waals surface area contributed by atoms with Gasteiger partial charge in [0.15, 0.2) is 0 Å². The van der Waals surface area contributed by atoms with E-state index >= 15 is 0 Å². The highest BCUT2D eigenvalue weighted by Gasteiger charge is 2.33. The number of hydrogen-bond donors (Lipinski definition) is 1. The van der Waals surface area contributed by atoms with Crippen LogP contribution in [0.1, 0.15) is 90.5 Å². The van der Waals surface area contributed by atoms with Crippen molar-refractivity contribution in [3.63, 3.8) is 0 Å². The zero-order valence-electron chi connectivity index (χ0n) is 23.2. The second-order valence-corrected chi connectivity index (χ2v) is 12.4. The molecule has 35 heavy (non-hydrogen) atoms. The van der Waals surface area contributed by atoms with Gasteiger partial charge in [0.25, 0.3) is 0 Å². The molecule has 5 nitrogen and oxygen atoms in total. The number of nitrogens with zero attached hydrogens (tertiary/aromatic N) is 3. The van der Waals surface area contributed by atoms with Gasteiger partial charge >= 0.3 is 0 Å². The number of piperidine rings is 1. The third-order valence-corrected chi connectivity index (χ3v) is 9.07. The molecular weight excluding hydrogens is 434 g/mol. The molecule has 0 atom stereocenters. The zero-order valence-corrected chi connectivity index (χ0v) is 23.2. The predicted octanol–water partition coefficient (Wildman–Crippen LogP) is 5.90. The Morgan fingerprint density at radius 2 is 1.49 bits per heavy atom. The molecule has 3 fully saturated rings. The predicted molar refractivity (Wildman–Crippen MR) is 148 cm³/mol. The second kappa shape index (κ2) is 11.7. The van der Waals surface area contributed by atoms with E-state index in [9.17, 15) is 5.11 Å². The molecule has 2 aliphatic heterocycles. The Morgan fingerprint density at radius 1 is 0.857 bits per heavy atom. The van der Waals surface area contributed by atoms with Crippen molar-refractivity contribution in [1.82, 2.24) is 4.90 Å². The van der Waals surface area contributed by atoms with Gasteiger partial charge in [0.1, 0.15) is 5.75 Å². The van der Waals surface area contributed by atoms with Crippen molar-refractivity contribution in [2.24, 2.45) is 11.3 Å². The van der Waals surface area contributed by atoms with Gasteiger partial charge in [-0.05, 0) is 80.4 Å². The Labute approximate surface area is 214 Å². The highest BCUT2D eigenvalue weighted by atomic mass is 16.5. The zero-order chi connectivity index (χ0) is 25.0. The molecule has 1 aromatic rings. The topological polar surface area (TPSA) is 39.2 Å². The van der Waals surface area contributed by atoms with Gasteiger partial charge in [-0.15, -0.1) is 0 Å². The van der Waals surface area contributed by atoms with E-state index in [0.717, 1.165) is 63.8 Å². The van der Waals surface area contributed by atoms with Gasteiger partial charge in [0, 0.05) is 51.0 Å². The molecule has 2 saturated heterocycles. The SMILES string of the molecule is CCCCN1CCN(c2cc(OC)c(N3CCC(O)CC3)cc2C2CCC(C(C)(C)C)CC2)CC1. The standard InChI is InChI=1S/C30H51N3O2/c1-6-7-14-31-17-19-33(20-18-31)27-22-29(35-5)28(32-15-12-25(34)13-16-32)21-26(27)23-8-10-24(11-9-23)30(2,3)4/h21-25,34H,6-20H2,1-5H3. The fourth-order valence-electron chi connectivity index (χ4n) is 6.56. The maximum atomic E-state index is 10.1. The van der Waals surface area contributed by atoms with Crippen LogP contribution in [0.4, 0.5) is 11.4 Å². The van der Waals surface area contributed by atoms with Crippen molar-refractivity contribution in [2.45, 2.75) is 91.1 Å². The molecule has 198 valence electrons. The smallest absolute Gasteiger partial charge is 0.144 e. The summed E-state index contributed by atoms with van der Waals surface area (Å²) in [6, 6.07) is 4.84. The van der Waals surface area contributed by atoms with Gasteiger partial charge in [-0.2, -0.15) is 0 Å². The number of ether oxygens (including phenoxy) is 1. The number of rotatable bonds is 7. The second-order valence-electron chi connectivity index (χ2n) is 12.4. The largest absolute Gasteiger partial charge is 0.495 e. The van der Waals surface area contributed by atoms with E-state index in [1.165, 1.54) is 56.4 Å². The van der Waals surface area contributed by atoms with E-state index in [1.54, 1.807) is 5.56 Å². The van der Waals surface area contributed by atoms with Crippen molar-refractivity contribution >= 4 is 11.4 Å². The Kier molecular flexibility index (Phi) is 8.91. The molecule has 5 heteroatoms. The Bertz CT molecular complexity index is 797. The van der Waals surface area contributed by atoms with Crippen molar-refractivity contribution in [1.29, 1.82) is 0 Å². The Morgan fingerprint density at radius 3 is 2.06 bits per heavy atom. The highest BCUT2D eigenvalue weighted by Crippen LogP contribution is 2.48. The molecule has 1 aromatic carbocycles. The quantitative estimate of drug-likeness (QED) is 0.521. The molecule has 4 rings (SSSR count). The van der Waals surface area contributed by atoms with E-state index in [-0.39, 0.29) is 6.10 Å². The monoisotopic (exact) mass is 485 g/mol. The lowest BCUT2D eigenvalue weighted by Gasteiger charge is -2.41. The maximum absolute atomic E-state index is 10.1. The van der Waals surface area contributed by atoms with E-state index in [1.807, 2.05) is 7.11 Å². The molecule has 0 aromatic heterocycles. The Hall–Kier alpha value is -1.46. The molecule has 1 saturated carbocycles. The lowest BCUT2D eigenvalue weighted by molar-refractivity contribution is 0.145. The van der Waals surface area contributed by atoms with Crippen LogP contribution in [0.5, 0.6) is 5.75 Å². The first kappa shape index (κ1) is 26.6. The molecule has 1 aliphatic carbocycles. The molecular formula is C30H51N3O2. The van der Waals surface area contributed by atoms with Crippen molar-refractivity contribution in [3.05, 3.63) is 17.7 Å². The number of methoxy groups -OCH3 is 1. The minimum Gasteiger partial charge on any atom is -0.495 e. The van der Waals surface area contributed by atoms with Gasteiger partial charge in [-0.25, -0.2) is 0 Å². The molecule has 0 amide bonds. The lowest BCUT2D eigenvalue weighted by atomic mass is 9.68. The summed E-state index contributed by atoms with van der Waals surface area (Å²) in [6.45, 7) is 17.1. The summed E-state index contributed by atoms with van der Waals surface area (Å²) in [6.07, 6.45) is 9.33. The number of benzene rings is 1. The number of piperazine rings is 1. The summed E-state index contributed by atoms with van der Waals surface area (Å²) < 4.78 is 5.99. The van der Waals surface area contributed by atoms with E-state index in [0.29, 0.717) is 11.3 Å². The van der Waals surface area contributed by atoms with Crippen LogP contribution in [0.15, 0.2) is 12.1 Å². The molecule has 1 N–H and O–H groups in total. The lowest BCUT2D eigenvalue weighted by Crippen LogP contribution is -2.47. The third kappa shape index (κ3) is 6.46. The van der Waals surface area contributed by atoms with Crippen LogP contribution in [0.2, 0.25) is 0 Å². The van der Waals surface area contributed by atoms with Crippen molar-refractivity contribution in [2.75, 3.05) is 62.7 Å². The summed E-state index contributed by atoms with van der Waals surface area (Å²) in [4.78, 5) is 7.72. The number of hydrogen-bond acceptors (Lipinski definition) is 5. The fraction of sp³-hybridized carbons (Fsp3) is 0.800.